The van der Waals surface area contributed by atoms with E-state index >= 15 is 0 Å². The van der Waals surface area contributed by atoms with Gasteiger partial charge >= 0.3 is 0 Å². The third kappa shape index (κ3) is 2.65. The smallest absolute Gasteiger partial charge is 0.185 e. The molecule has 2 aliphatic carbocycles. The molecule has 3 rings (SSSR count). The maximum atomic E-state index is 4.92. The van der Waals surface area contributed by atoms with E-state index in [4.69, 9.17) is 4.98 Å². The Kier molecular flexibility index (Phi) is 3.81. The van der Waals surface area contributed by atoms with E-state index in [2.05, 4.69) is 31.1 Å². The molecule has 4 heteroatoms. The lowest BCUT2D eigenvalue weighted by Gasteiger charge is -2.24. The summed E-state index contributed by atoms with van der Waals surface area (Å²) in [5.74, 6) is 0.899. The standard InChI is InChI=1S/C15H25N3S/c1-4-16-12-6-5-7-13-14(12)19-15(17-13)18(3)10(2)11-8-9-11/h10-12,16H,4-9H2,1-3H3. The fourth-order valence-corrected chi connectivity index (χ4v) is 4.34. The molecule has 2 atom stereocenters. The van der Waals surface area contributed by atoms with Crippen LogP contribution >= 0.6 is 11.3 Å². The number of nitrogens with zero attached hydrogens (tertiary/aromatic N) is 2. The Bertz CT molecular complexity index is 439. The molecule has 1 N–H and O–H groups in total. The first-order valence-electron chi connectivity index (χ1n) is 7.66. The van der Waals surface area contributed by atoms with E-state index in [0.29, 0.717) is 12.1 Å². The van der Waals surface area contributed by atoms with Crippen molar-refractivity contribution in [2.75, 3.05) is 18.5 Å². The second-order valence-corrected chi connectivity index (χ2v) is 7.01. The van der Waals surface area contributed by atoms with Gasteiger partial charge in [-0.05, 0) is 51.5 Å². The van der Waals surface area contributed by atoms with E-state index in [1.165, 1.54) is 47.8 Å². The minimum absolute atomic E-state index is 0.546. The average Bonchev–Trinajstić information content (AvgIpc) is 3.16. The lowest BCUT2D eigenvalue weighted by Crippen LogP contribution is -2.30. The molecule has 0 spiro atoms. The van der Waals surface area contributed by atoms with E-state index in [-0.39, 0.29) is 0 Å². The predicted octanol–water partition coefficient (Wildman–Crippen LogP) is 3.36. The number of nitrogens with one attached hydrogen (secondary N) is 1. The zero-order chi connectivity index (χ0) is 13.4. The molecule has 1 fully saturated rings. The molecule has 1 aromatic heterocycles. The fourth-order valence-electron chi connectivity index (χ4n) is 3.07. The number of aryl methyl sites for hydroxylation is 1. The molecule has 106 valence electrons. The van der Waals surface area contributed by atoms with Crippen LogP contribution in [0.4, 0.5) is 5.13 Å². The van der Waals surface area contributed by atoms with E-state index in [9.17, 15) is 0 Å². The van der Waals surface area contributed by atoms with Gasteiger partial charge < -0.3 is 10.2 Å². The highest BCUT2D eigenvalue weighted by Crippen LogP contribution is 2.41. The van der Waals surface area contributed by atoms with E-state index in [0.717, 1.165) is 12.5 Å². The molecule has 0 saturated heterocycles. The minimum atomic E-state index is 0.546. The number of rotatable bonds is 5. The Balaban J connectivity index is 1.80. The summed E-state index contributed by atoms with van der Waals surface area (Å²) >= 11 is 1.92. The van der Waals surface area contributed by atoms with Gasteiger partial charge in [0.1, 0.15) is 0 Å². The highest BCUT2D eigenvalue weighted by Gasteiger charge is 2.33. The van der Waals surface area contributed by atoms with E-state index < -0.39 is 0 Å². The monoisotopic (exact) mass is 279 g/mol. The first kappa shape index (κ1) is 13.4. The van der Waals surface area contributed by atoms with Crippen molar-refractivity contribution in [2.24, 2.45) is 5.92 Å². The van der Waals surface area contributed by atoms with Crippen LogP contribution in [0.3, 0.4) is 0 Å². The minimum Gasteiger partial charge on any atom is -0.348 e. The van der Waals surface area contributed by atoms with Gasteiger partial charge in [-0.3, -0.25) is 0 Å². The Labute approximate surface area is 120 Å². The lowest BCUT2D eigenvalue weighted by molar-refractivity contribution is 0.476. The summed E-state index contributed by atoms with van der Waals surface area (Å²) in [5.41, 5.74) is 1.35. The zero-order valence-electron chi connectivity index (χ0n) is 12.3. The summed E-state index contributed by atoms with van der Waals surface area (Å²) in [5, 5.41) is 4.84. The van der Waals surface area contributed by atoms with Gasteiger partial charge in [0.25, 0.3) is 0 Å². The van der Waals surface area contributed by atoms with Gasteiger partial charge in [-0.15, -0.1) is 0 Å². The first-order chi connectivity index (χ1) is 9.20. The van der Waals surface area contributed by atoms with Crippen molar-refractivity contribution in [1.29, 1.82) is 0 Å². The highest BCUT2D eigenvalue weighted by atomic mass is 32.1. The molecule has 1 aromatic rings. The molecular formula is C15H25N3S. The maximum absolute atomic E-state index is 4.92. The molecule has 0 aliphatic heterocycles. The summed E-state index contributed by atoms with van der Waals surface area (Å²) in [6.07, 6.45) is 6.51. The van der Waals surface area contributed by atoms with E-state index in [1.807, 2.05) is 11.3 Å². The molecule has 2 aliphatic rings. The van der Waals surface area contributed by atoms with Crippen molar-refractivity contribution >= 4 is 16.5 Å². The second-order valence-electron chi connectivity index (χ2n) is 6.00. The maximum Gasteiger partial charge on any atom is 0.185 e. The van der Waals surface area contributed by atoms with Crippen molar-refractivity contribution in [1.82, 2.24) is 10.3 Å². The lowest BCUT2D eigenvalue weighted by atomic mass is 9.98. The topological polar surface area (TPSA) is 28.2 Å². The van der Waals surface area contributed by atoms with Gasteiger partial charge in [-0.2, -0.15) is 0 Å². The molecule has 0 radical (unpaired) electrons. The van der Waals surface area contributed by atoms with Gasteiger partial charge in [-0.1, -0.05) is 18.3 Å². The van der Waals surface area contributed by atoms with Crippen molar-refractivity contribution in [2.45, 2.75) is 58.0 Å². The largest absolute Gasteiger partial charge is 0.348 e. The fraction of sp³-hybridized carbons (Fsp3) is 0.800. The normalized spacial score (nSPS) is 24.1. The average molecular weight is 279 g/mol. The molecule has 0 bridgehead atoms. The molecule has 19 heavy (non-hydrogen) atoms. The number of thiazole rings is 1. The Morgan fingerprint density at radius 3 is 2.89 bits per heavy atom. The van der Waals surface area contributed by atoms with Gasteiger partial charge in [0.15, 0.2) is 5.13 Å². The Morgan fingerprint density at radius 1 is 1.42 bits per heavy atom. The summed E-state index contributed by atoms with van der Waals surface area (Å²) in [6.45, 7) is 5.59. The van der Waals surface area contributed by atoms with Crippen LogP contribution in [0.15, 0.2) is 0 Å². The van der Waals surface area contributed by atoms with Crippen molar-refractivity contribution in [3.05, 3.63) is 10.6 Å². The molecular weight excluding hydrogens is 254 g/mol. The molecule has 3 nitrogen and oxygen atoms in total. The number of fused-ring (bicyclic) bond motifs is 1. The highest BCUT2D eigenvalue weighted by molar-refractivity contribution is 7.15. The summed E-state index contributed by atoms with van der Waals surface area (Å²) in [7, 11) is 2.22. The number of aromatic nitrogens is 1. The van der Waals surface area contributed by atoms with Crippen LogP contribution in [-0.2, 0) is 6.42 Å². The third-order valence-corrected chi connectivity index (χ3v) is 5.91. The molecule has 1 heterocycles. The van der Waals surface area contributed by atoms with Gasteiger partial charge in [0.2, 0.25) is 0 Å². The number of hydrogen-bond acceptors (Lipinski definition) is 4. The molecule has 2 unspecified atom stereocenters. The zero-order valence-corrected chi connectivity index (χ0v) is 13.1. The van der Waals surface area contributed by atoms with Crippen molar-refractivity contribution in [3.63, 3.8) is 0 Å². The quantitative estimate of drug-likeness (QED) is 0.896. The number of hydrogen-bond donors (Lipinski definition) is 1. The van der Waals surface area contributed by atoms with Gasteiger partial charge in [0, 0.05) is 24.0 Å². The Morgan fingerprint density at radius 2 is 2.21 bits per heavy atom. The van der Waals surface area contributed by atoms with Crippen molar-refractivity contribution < 1.29 is 0 Å². The Hall–Kier alpha value is -0.610. The van der Waals surface area contributed by atoms with Crippen LogP contribution in [0, 0.1) is 5.92 Å². The van der Waals surface area contributed by atoms with Crippen LogP contribution in [0.25, 0.3) is 0 Å². The first-order valence-corrected chi connectivity index (χ1v) is 8.48. The van der Waals surface area contributed by atoms with Crippen molar-refractivity contribution in [3.8, 4) is 0 Å². The van der Waals surface area contributed by atoms with E-state index in [1.54, 1.807) is 0 Å². The molecule has 1 saturated carbocycles. The predicted molar refractivity (Wildman–Crippen MR) is 82.1 cm³/mol. The third-order valence-electron chi connectivity index (χ3n) is 4.61. The summed E-state index contributed by atoms with van der Waals surface area (Å²) in [6, 6.07) is 1.19. The van der Waals surface area contributed by atoms with Crippen LogP contribution in [0.5, 0.6) is 0 Å². The van der Waals surface area contributed by atoms with Crippen LogP contribution in [0.1, 0.15) is 56.1 Å². The van der Waals surface area contributed by atoms with Gasteiger partial charge in [-0.25, -0.2) is 4.98 Å². The molecule has 0 amide bonds. The summed E-state index contributed by atoms with van der Waals surface area (Å²) < 4.78 is 0. The number of anilines is 1. The van der Waals surface area contributed by atoms with Crippen LogP contribution in [-0.4, -0.2) is 24.6 Å². The van der Waals surface area contributed by atoms with Crippen LogP contribution < -0.4 is 10.2 Å². The molecule has 0 aromatic carbocycles. The SMILES string of the molecule is CCNC1CCCc2nc(N(C)C(C)C3CC3)sc21. The summed E-state index contributed by atoms with van der Waals surface area (Å²) in [4.78, 5) is 8.82. The van der Waals surface area contributed by atoms with Crippen LogP contribution in [0.2, 0.25) is 0 Å². The van der Waals surface area contributed by atoms with Gasteiger partial charge in [0.05, 0.1) is 5.69 Å². The second kappa shape index (κ2) is 5.41.